The Bertz CT molecular complexity index is 1020. The summed E-state index contributed by atoms with van der Waals surface area (Å²) in [7, 11) is 1.48. The molecule has 0 aliphatic heterocycles. The van der Waals surface area contributed by atoms with Crippen molar-refractivity contribution in [1.29, 1.82) is 0 Å². The summed E-state index contributed by atoms with van der Waals surface area (Å²) in [6, 6.07) is 28.0. The van der Waals surface area contributed by atoms with Crippen molar-refractivity contribution in [2.24, 2.45) is 0 Å². The monoisotopic (exact) mass is 354 g/mol. The molecule has 0 saturated carbocycles. The highest BCUT2D eigenvalue weighted by molar-refractivity contribution is 6.64. The zero-order valence-corrected chi connectivity index (χ0v) is 14.9. The van der Waals surface area contributed by atoms with Gasteiger partial charge in [0.25, 0.3) is 0 Å². The number of hydrogen-bond acceptors (Lipinski definition) is 3. The molecule has 3 nitrogen and oxygen atoms in total. The third-order valence-electron chi connectivity index (χ3n) is 4.97. The number of Topliss-reactive ketones (excluding diaryl/α,β-unsaturated/α-hetero) is 2. The van der Waals surface area contributed by atoms with Gasteiger partial charge in [0.1, 0.15) is 0 Å². The lowest BCUT2D eigenvalue weighted by atomic mass is 9.82. The van der Waals surface area contributed by atoms with Crippen LogP contribution in [0, 0.1) is 0 Å². The molecule has 132 valence electrons. The van der Waals surface area contributed by atoms with Gasteiger partial charge < -0.3 is 4.74 Å². The van der Waals surface area contributed by atoms with Crippen LogP contribution in [0.25, 0.3) is 11.1 Å². The predicted octanol–water partition coefficient (Wildman–Crippen LogP) is 4.29. The number of carbonyl (C=O) groups excluding carboxylic acids is 2. The molecule has 1 atom stereocenters. The summed E-state index contributed by atoms with van der Waals surface area (Å²) in [5, 5.41) is 0. The van der Waals surface area contributed by atoms with Gasteiger partial charge in [-0.05, 0) is 16.7 Å². The number of carbonyl (C=O) groups is 2. The molecule has 0 spiro atoms. The highest BCUT2D eigenvalue weighted by atomic mass is 16.5. The van der Waals surface area contributed by atoms with E-state index in [0.717, 1.165) is 5.56 Å². The van der Waals surface area contributed by atoms with Crippen molar-refractivity contribution in [3.8, 4) is 0 Å². The van der Waals surface area contributed by atoms with Crippen molar-refractivity contribution < 1.29 is 14.3 Å². The number of allylic oxidation sites excluding steroid dienone is 1. The molecule has 27 heavy (non-hydrogen) atoms. The zero-order chi connectivity index (χ0) is 18.9. The first-order chi connectivity index (χ1) is 13.2. The summed E-state index contributed by atoms with van der Waals surface area (Å²) in [6.45, 7) is 0. The molecule has 3 aromatic carbocycles. The first-order valence-electron chi connectivity index (χ1n) is 8.75. The van der Waals surface area contributed by atoms with Crippen LogP contribution in [-0.4, -0.2) is 18.7 Å². The van der Waals surface area contributed by atoms with Crippen LogP contribution in [0.4, 0.5) is 0 Å². The summed E-state index contributed by atoms with van der Waals surface area (Å²) in [5.41, 5.74) is 1.70. The van der Waals surface area contributed by atoms with Gasteiger partial charge >= 0.3 is 0 Å². The Balaban J connectivity index is 2.11. The first kappa shape index (κ1) is 17.1. The molecule has 0 radical (unpaired) electrons. The van der Waals surface area contributed by atoms with E-state index in [9.17, 15) is 9.59 Å². The van der Waals surface area contributed by atoms with Crippen molar-refractivity contribution in [2.75, 3.05) is 7.11 Å². The summed E-state index contributed by atoms with van der Waals surface area (Å²) < 4.78 is 5.86. The number of rotatable bonds is 4. The Labute approximate surface area is 157 Å². The Morgan fingerprint density at radius 3 is 1.67 bits per heavy atom. The lowest BCUT2D eigenvalue weighted by Crippen LogP contribution is -2.38. The molecular formula is C24H18O3. The minimum atomic E-state index is -1.45. The SMILES string of the molecule is CO[C@@]1(c2ccccc2)C(=O)C(=O)C(c2ccccc2)=C1c1ccccc1. The second-order valence-corrected chi connectivity index (χ2v) is 6.39. The molecule has 3 aromatic rings. The largest absolute Gasteiger partial charge is 0.360 e. The van der Waals surface area contributed by atoms with Gasteiger partial charge in [-0.2, -0.15) is 0 Å². The van der Waals surface area contributed by atoms with E-state index in [1.807, 2.05) is 91.0 Å². The Hall–Kier alpha value is -3.30. The molecule has 0 aromatic heterocycles. The van der Waals surface area contributed by atoms with Crippen LogP contribution in [0.2, 0.25) is 0 Å². The van der Waals surface area contributed by atoms with Crippen molar-refractivity contribution in [3.63, 3.8) is 0 Å². The minimum Gasteiger partial charge on any atom is -0.360 e. The van der Waals surface area contributed by atoms with E-state index in [-0.39, 0.29) is 0 Å². The van der Waals surface area contributed by atoms with E-state index in [1.54, 1.807) is 0 Å². The van der Waals surface area contributed by atoms with E-state index in [0.29, 0.717) is 22.3 Å². The van der Waals surface area contributed by atoms with Gasteiger partial charge in [0.05, 0.1) is 0 Å². The second kappa shape index (κ2) is 6.78. The van der Waals surface area contributed by atoms with Gasteiger partial charge in [0.15, 0.2) is 5.60 Å². The van der Waals surface area contributed by atoms with Crippen LogP contribution in [0.15, 0.2) is 91.0 Å². The predicted molar refractivity (Wildman–Crippen MR) is 105 cm³/mol. The number of ether oxygens (including phenoxy) is 1. The van der Waals surface area contributed by atoms with Gasteiger partial charge in [-0.1, -0.05) is 91.0 Å². The van der Waals surface area contributed by atoms with E-state index in [2.05, 4.69) is 0 Å². The number of methoxy groups -OCH3 is 1. The highest BCUT2D eigenvalue weighted by Crippen LogP contribution is 2.50. The zero-order valence-electron chi connectivity index (χ0n) is 14.9. The fourth-order valence-electron chi connectivity index (χ4n) is 3.77. The van der Waals surface area contributed by atoms with Crippen molar-refractivity contribution in [3.05, 3.63) is 108 Å². The van der Waals surface area contributed by atoms with Gasteiger partial charge in [-0.25, -0.2) is 0 Å². The van der Waals surface area contributed by atoms with Crippen LogP contribution in [0.3, 0.4) is 0 Å². The van der Waals surface area contributed by atoms with Crippen molar-refractivity contribution >= 4 is 22.7 Å². The van der Waals surface area contributed by atoms with Crippen LogP contribution in [0.1, 0.15) is 16.7 Å². The van der Waals surface area contributed by atoms with Crippen LogP contribution in [0.5, 0.6) is 0 Å². The van der Waals surface area contributed by atoms with Gasteiger partial charge in [-0.15, -0.1) is 0 Å². The molecule has 0 bridgehead atoms. The van der Waals surface area contributed by atoms with E-state index < -0.39 is 17.2 Å². The van der Waals surface area contributed by atoms with Gasteiger partial charge in [0, 0.05) is 18.3 Å². The Morgan fingerprint density at radius 2 is 1.15 bits per heavy atom. The topological polar surface area (TPSA) is 43.4 Å². The molecule has 1 aliphatic carbocycles. The molecule has 0 N–H and O–H groups in total. The molecule has 0 saturated heterocycles. The molecular weight excluding hydrogens is 336 g/mol. The van der Waals surface area contributed by atoms with E-state index in [1.165, 1.54) is 7.11 Å². The summed E-state index contributed by atoms with van der Waals surface area (Å²) in [6.07, 6.45) is 0. The smallest absolute Gasteiger partial charge is 0.244 e. The third kappa shape index (κ3) is 2.56. The standard InChI is InChI=1S/C24H18O3/c1-27-24(19-15-9-4-10-16-19)21(18-13-7-3-8-14-18)20(22(25)23(24)26)17-11-5-2-6-12-17/h2-16H,1H3/t24-/m1/s1. The maximum absolute atomic E-state index is 13.3. The van der Waals surface area contributed by atoms with E-state index >= 15 is 0 Å². The van der Waals surface area contributed by atoms with Crippen molar-refractivity contribution in [2.45, 2.75) is 5.60 Å². The highest BCUT2D eigenvalue weighted by Gasteiger charge is 2.55. The normalized spacial score (nSPS) is 19.6. The minimum absolute atomic E-state index is 0.400. The fraction of sp³-hybridized carbons (Fsp3) is 0.0833. The quantitative estimate of drug-likeness (QED) is 0.657. The average Bonchev–Trinajstić information content (AvgIpc) is 2.98. The molecule has 0 fully saturated rings. The molecule has 0 heterocycles. The van der Waals surface area contributed by atoms with Crippen LogP contribution < -0.4 is 0 Å². The van der Waals surface area contributed by atoms with Crippen molar-refractivity contribution in [1.82, 2.24) is 0 Å². The molecule has 3 heteroatoms. The Kier molecular flexibility index (Phi) is 4.30. The molecule has 1 aliphatic rings. The molecule has 0 unspecified atom stereocenters. The van der Waals surface area contributed by atoms with Gasteiger partial charge in [0.2, 0.25) is 11.6 Å². The fourth-order valence-corrected chi connectivity index (χ4v) is 3.77. The first-order valence-corrected chi connectivity index (χ1v) is 8.75. The maximum atomic E-state index is 13.3. The van der Waals surface area contributed by atoms with Gasteiger partial charge in [-0.3, -0.25) is 9.59 Å². The summed E-state index contributed by atoms with van der Waals surface area (Å²) >= 11 is 0. The van der Waals surface area contributed by atoms with E-state index in [4.69, 9.17) is 4.74 Å². The lowest BCUT2D eigenvalue weighted by Gasteiger charge is -2.30. The second-order valence-electron chi connectivity index (χ2n) is 6.39. The average molecular weight is 354 g/mol. The third-order valence-corrected chi connectivity index (χ3v) is 4.97. The molecule has 4 rings (SSSR count). The number of ketones is 2. The Morgan fingerprint density at radius 1 is 0.667 bits per heavy atom. The lowest BCUT2D eigenvalue weighted by molar-refractivity contribution is -0.143. The number of hydrogen-bond donors (Lipinski definition) is 0. The maximum Gasteiger partial charge on any atom is 0.244 e. The van der Waals surface area contributed by atoms with Crippen LogP contribution in [-0.2, 0) is 19.9 Å². The molecule has 0 amide bonds. The summed E-state index contributed by atoms with van der Waals surface area (Å²) in [5.74, 6) is -1.08. The summed E-state index contributed by atoms with van der Waals surface area (Å²) in [4.78, 5) is 26.5. The van der Waals surface area contributed by atoms with Crippen LogP contribution >= 0.6 is 0 Å². The number of benzene rings is 3.